The maximum absolute atomic E-state index is 12.8. The first-order valence-electron chi connectivity index (χ1n) is 20.2. The molecule has 0 bridgehead atoms. The molecule has 49 heavy (non-hydrogen) atoms. The van der Waals surface area contributed by atoms with E-state index in [0.717, 1.165) is 64.2 Å². The highest BCUT2D eigenvalue weighted by Gasteiger charge is 2.23. The van der Waals surface area contributed by atoms with E-state index in [2.05, 4.69) is 31.3 Å². The number of quaternary nitrogens is 1. The van der Waals surface area contributed by atoms with Crippen LogP contribution in [0, 0.1) is 0 Å². The standard InChI is InChI=1S/C40H79N2O6P/c1-6-8-10-12-14-16-18-19-20-21-22-24-25-27-29-31-33-39(43)38(37-48-49(45,46)47-36-35-42(3,4)5)41-40(44)34-32-30-28-26-23-17-15-13-11-9-7-2/h13,15,31,33,38-39,43H,6-12,14,16-30,32,34-37H2,1-5H3,(H-,41,44,45,46)/b15-13-,33-31+. The molecule has 0 saturated carbocycles. The Balaban J connectivity index is 4.49. The van der Waals surface area contributed by atoms with Gasteiger partial charge in [-0.15, -0.1) is 0 Å². The number of carbonyl (C=O) groups is 1. The average molecular weight is 715 g/mol. The van der Waals surface area contributed by atoms with Crippen molar-refractivity contribution in [3.8, 4) is 0 Å². The lowest BCUT2D eigenvalue weighted by molar-refractivity contribution is -0.870. The molecule has 0 radical (unpaired) electrons. The first kappa shape index (κ1) is 48.0. The molecule has 0 aromatic carbocycles. The average Bonchev–Trinajstić information content (AvgIpc) is 3.04. The fourth-order valence-electron chi connectivity index (χ4n) is 5.60. The molecule has 0 saturated heterocycles. The molecule has 8 nitrogen and oxygen atoms in total. The van der Waals surface area contributed by atoms with Gasteiger partial charge in [-0.25, -0.2) is 0 Å². The molecule has 0 aliphatic carbocycles. The van der Waals surface area contributed by atoms with Gasteiger partial charge in [0, 0.05) is 6.42 Å². The van der Waals surface area contributed by atoms with E-state index in [9.17, 15) is 19.4 Å². The van der Waals surface area contributed by atoms with Crippen LogP contribution < -0.4 is 10.2 Å². The van der Waals surface area contributed by atoms with Crippen molar-refractivity contribution in [1.82, 2.24) is 5.32 Å². The number of hydrogen-bond donors (Lipinski definition) is 2. The Labute approximate surface area is 303 Å². The fraction of sp³-hybridized carbons (Fsp3) is 0.875. The summed E-state index contributed by atoms with van der Waals surface area (Å²) in [6.07, 6.45) is 36.4. The zero-order chi connectivity index (χ0) is 36.5. The number of aliphatic hydroxyl groups excluding tert-OH is 1. The van der Waals surface area contributed by atoms with Crippen LogP contribution in [0.2, 0.25) is 0 Å². The van der Waals surface area contributed by atoms with Crippen LogP contribution in [0.15, 0.2) is 24.3 Å². The molecule has 9 heteroatoms. The molecule has 0 fully saturated rings. The summed E-state index contributed by atoms with van der Waals surface area (Å²) in [5, 5.41) is 13.7. The van der Waals surface area contributed by atoms with Gasteiger partial charge in [-0.2, -0.15) is 0 Å². The van der Waals surface area contributed by atoms with Crippen molar-refractivity contribution in [2.75, 3.05) is 40.9 Å². The monoisotopic (exact) mass is 715 g/mol. The van der Waals surface area contributed by atoms with Crippen LogP contribution in [0.3, 0.4) is 0 Å². The Bertz CT molecular complexity index is 860. The van der Waals surface area contributed by atoms with Gasteiger partial charge in [0.1, 0.15) is 13.2 Å². The Morgan fingerprint density at radius 3 is 1.65 bits per heavy atom. The summed E-state index contributed by atoms with van der Waals surface area (Å²) in [5.41, 5.74) is 0. The molecule has 1 amide bonds. The van der Waals surface area contributed by atoms with Crippen molar-refractivity contribution >= 4 is 13.7 Å². The molecular formula is C40H79N2O6P. The van der Waals surface area contributed by atoms with Gasteiger partial charge in [0.25, 0.3) is 7.82 Å². The van der Waals surface area contributed by atoms with Crippen molar-refractivity contribution in [1.29, 1.82) is 0 Å². The minimum Gasteiger partial charge on any atom is -0.756 e. The lowest BCUT2D eigenvalue weighted by Crippen LogP contribution is -2.45. The van der Waals surface area contributed by atoms with E-state index in [1.54, 1.807) is 6.08 Å². The van der Waals surface area contributed by atoms with Crippen LogP contribution in [-0.2, 0) is 18.4 Å². The molecule has 0 rings (SSSR count). The van der Waals surface area contributed by atoms with Gasteiger partial charge in [0.05, 0.1) is 39.9 Å². The zero-order valence-corrected chi connectivity index (χ0v) is 33.5. The van der Waals surface area contributed by atoms with Gasteiger partial charge >= 0.3 is 0 Å². The van der Waals surface area contributed by atoms with Crippen molar-refractivity contribution in [3.05, 3.63) is 24.3 Å². The number of hydrogen-bond acceptors (Lipinski definition) is 6. The first-order chi connectivity index (χ1) is 23.5. The number of carbonyl (C=O) groups excluding carboxylic acids is 1. The topological polar surface area (TPSA) is 108 Å². The van der Waals surface area contributed by atoms with Crippen LogP contribution in [0.1, 0.15) is 174 Å². The van der Waals surface area contributed by atoms with Gasteiger partial charge in [-0.05, 0) is 38.5 Å². The second-order valence-electron chi connectivity index (χ2n) is 15.0. The lowest BCUT2D eigenvalue weighted by atomic mass is 10.0. The summed E-state index contributed by atoms with van der Waals surface area (Å²) in [6, 6.07) is -0.885. The summed E-state index contributed by atoms with van der Waals surface area (Å²) in [7, 11) is 1.25. The molecule has 0 heterocycles. The number of phosphoric ester groups is 1. The summed E-state index contributed by atoms with van der Waals surface area (Å²) < 4.78 is 23.1. The molecule has 0 aliphatic heterocycles. The molecule has 0 spiro atoms. The smallest absolute Gasteiger partial charge is 0.268 e. The Kier molecular flexibility index (Phi) is 32.2. The summed E-state index contributed by atoms with van der Waals surface area (Å²) in [6.45, 7) is 4.58. The highest BCUT2D eigenvalue weighted by Crippen LogP contribution is 2.38. The maximum atomic E-state index is 12.8. The van der Waals surface area contributed by atoms with Crippen molar-refractivity contribution < 1.29 is 32.9 Å². The summed E-state index contributed by atoms with van der Waals surface area (Å²) in [4.78, 5) is 25.1. The number of phosphoric acid groups is 1. The van der Waals surface area contributed by atoms with E-state index in [0.29, 0.717) is 17.4 Å². The van der Waals surface area contributed by atoms with Crippen molar-refractivity contribution in [2.24, 2.45) is 0 Å². The number of unbranched alkanes of at least 4 members (excludes halogenated alkanes) is 21. The molecule has 0 aromatic heterocycles. The van der Waals surface area contributed by atoms with Gasteiger partial charge in [-0.1, -0.05) is 154 Å². The molecule has 3 atom stereocenters. The van der Waals surface area contributed by atoms with Gasteiger partial charge in [0.2, 0.25) is 5.91 Å². The highest BCUT2D eigenvalue weighted by molar-refractivity contribution is 7.45. The van der Waals surface area contributed by atoms with E-state index in [4.69, 9.17) is 9.05 Å². The normalized spacial score (nSPS) is 14.8. The first-order valence-corrected chi connectivity index (χ1v) is 21.7. The van der Waals surface area contributed by atoms with E-state index in [1.165, 1.54) is 89.9 Å². The molecule has 0 aliphatic rings. The van der Waals surface area contributed by atoms with Crippen molar-refractivity contribution in [2.45, 2.75) is 187 Å². The summed E-state index contributed by atoms with van der Waals surface area (Å²) in [5.74, 6) is -0.210. The number of nitrogens with one attached hydrogen (secondary N) is 1. The molecule has 2 N–H and O–H groups in total. The predicted octanol–water partition coefficient (Wildman–Crippen LogP) is 9.94. The second kappa shape index (κ2) is 32.9. The molecule has 290 valence electrons. The highest BCUT2D eigenvalue weighted by atomic mass is 31.2. The third-order valence-corrected chi connectivity index (χ3v) is 9.87. The molecular weight excluding hydrogens is 635 g/mol. The van der Waals surface area contributed by atoms with Crippen LogP contribution in [0.5, 0.6) is 0 Å². The lowest BCUT2D eigenvalue weighted by Gasteiger charge is -2.29. The molecule has 3 unspecified atom stereocenters. The third kappa shape index (κ3) is 35.2. The number of likely N-dealkylation sites (N-methyl/N-ethyl adjacent to an activating group) is 1. The van der Waals surface area contributed by atoms with Gasteiger partial charge in [0.15, 0.2) is 0 Å². The van der Waals surface area contributed by atoms with Gasteiger partial charge < -0.3 is 28.8 Å². The number of rotatable bonds is 36. The van der Waals surface area contributed by atoms with Crippen LogP contribution in [0.25, 0.3) is 0 Å². The van der Waals surface area contributed by atoms with Crippen LogP contribution >= 0.6 is 7.82 Å². The number of nitrogens with zero attached hydrogens (tertiary/aromatic N) is 1. The van der Waals surface area contributed by atoms with Crippen molar-refractivity contribution in [3.63, 3.8) is 0 Å². The fourth-order valence-corrected chi connectivity index (χ4v) is 6.33. The second-order valence-corrected chi connectivity index (χ2v) is 16.4. The minimum atomic E-state index is -4.58. The quantitative estimate of drug-likeness (QED) is 0.0290. The third-order valence-electron chi connectivity index (χ3n) is 8.91. The zero-order valence-electron chi connectivity index (χ0n) is 32.6. The Hall–Kier alpha value is -1.02. The maximum Gasteiger partial charge on any atom is 0.268 e. The van der Waals surface area contributed by atoms with Crippen LogP contribution in [-0.4, -0.2) is 68.5 Å². The SMILES string of the molecule is CCCC/C=C\CCCCCCCC(=O)NC(COP(=O)([O-])OCC[N+](C)(C)C)C(O)/C=C/CCCCCCCCCCCCCCCC. The van der Waals surface area contributed by atoms with E-state index >= 15 is 0 Å². The predicted molar refractivity (Wildman–Crippen MR) is 205 cm³/mol. The van der Waals surface area contributed by atoms with E-state index in [1.807, 2.05) is 27.2 Å². The number of aliphatic hydroxyl groups is 1. The van der Waals surface area contributed by atoms with Gasteiger partial charge in [-0.3, -0.25) is 9.36 Å². The number of amides is 1. The van der Waals surface area contributed by atoms with E-state index in [-0.39, 0.29) is 19.1 Å². The van der Waals surface area contributed by atoms with E-state index < -0.39 is 20.0 Å². The Morgan fingerprint density at radius 2 is 1.14 bits per heavy atom. The van der Waals surface area contributed by atoms with Crippen LogP contribution in [0.4, 0.5) is 0 Å². The Morgan fingerprint density at radius 1 is 0.694 bits per heavy atom. The largest absolute Gasteiger partial charge is 0.756 e. The minimum absolute atomic E-state index is 0.00189. The summed E-state index contributed by atoms with van der Waals surface area (Å²) >= 11 is 0. The molecule has 0 aromatic rings. The number of allylic oxidation sites excluding steroid dienone is 3.